The molecule has 0 aliphatic heterocycles. The standard InChI is InChI=1S/CH5ClO7P2.CH4O.Be.2H/c2-1-8-11(6,7)9-10(3,4)5;1-2;;;/h1H2,(H,6,7)(H2,3,4,5);2H,1H3;;;. The summed E-state index contributed by atoms with van der Waals surface area (Å²) in [6.45, 7) is 0. The summed E-state index contributed by atoms with van der Waals surface area (Å²) in [5.74, 6) is 0. The number of alkyl halides is 1. The summed E-state index contributed by atoms with van der Waals surface area (Å²) in [7, 11) is -8.72. The number of hydrogen-bond acceptors (Lipinski definition) is 5. The number of aliphatic hydroxyl groups is 1. The maximum absolute atomic E-state index is 10.4. The normalized spacial score (nSPS) is 14.4. The molecule has 0 fully saturated rings. The van der Waals surface area contributed by atoms with Crippen LogP contribution >= 0.6 is 27.2 Å². The summed E-state index contributed by atoms with van der Waals surface area (Å²) < 4.78 is 27.4. The number of halogens is 1. The van der Waals surface area contributed by atoms with E-state index >= 15 is 0 Å². The van der Waals surface area contributed by atoms with Gasteiger partial charge in [0.1, 0.15) is 6.07 Å². The summed E-state index contributed by atoms with van der Waals surface area (Å²) in [5, 5.41) is 7.00. The van der Waals surface area contributed by atoms with Gasteiger partial charge in [-0.3, -0.25) is 4.52 Å². The summed E-state index contributed by atoms with van der Waals surface area (Å²) in [6.07, 6.45) is 0. The Bertz CT molecular complexity index is 215. The third kappa shape index (κ3) is 15.2. The molecule has 8 nitrogen and oxygen atoms in total. The molecule has 1 unspecified atom stereocenters. The van der Waals surface area contributed by atoms with Crippen LogP contribution < -0.4 is 0 Å². The first-order valence-corrected chi connectivity index (χ1v) is 6.08. The van der Waals surface area contributed by atoms with Crippen LogP contribution in [0.3, 0.4) is 0 Å². The summed E-state index contributed by atoms with van der Waals surface area (Å²) in [5.41, 5.74) is 0. The quantitative estimate of drug-likeness (QED) is 0.293. The van der Waals surface area contributed by atoms with Crippen LogP contribution in [0.25, 0.3) is 0 Å². The van der Waals surface area contributed by atoms with E-state index in [1.807, 2.05) is 0 Å². The molecule has 0 radical (unpaired) electrons. The minimum atomic E-state index is -5.01. The molecule has 4 N–H and O–H groups in total. The second kappa shape index (κ2) is 8.94. The average molecular weight is 270 g/mol. The maximum atomic E-state index is 10.4. The monoisotopic (exact) mass is 269 g/mol. The van der Waals surface area contributed by atoms with Gasteiger partial charge < -0.3 is 19.8 Å². The van der Waals surface area contributed by atoms with Gasteiger partial charge in [-0.1, -0.05) is 11.6 Å². The Morgan fingerprint density at radius 1 is 1.21 bits per heavy atom. The zero-order chi connectivity index (χ0) is 11.1. The molecular weight excluding hydrogens is 258 g/mol. The molecule has 0 aromatic carbocycles. The van der Waals surface area contributed by atoms with Crippen LogP contribution in [0.15, 0.2) is 0 Å². The van der Waals surface area contributed by atoms with Gasteiger partial charge in [0.2, 0.25) is 0 Å². The fourth-order valence-corrected chi connectivity index (χ4v) is 1.98. The number of aliphatic hydroxyl groups excluding tert-OH is 1. The molecule has 0 saturated carbocycles. The SMILES string of the molecule is CO.O=P(O)(O)OP(=O)(O)OCCl.[BeH2]. The van der Waals surface area contributed by atoms with Crippen LogP contribution in [-0.4, -0.2) is 43.1 Å². The second-order valence-electron chi connectivity index (χ2n) is 1.28. The Labute approximate surface area is 88.9 Å². The van der Waals surface area contributed by atoms with Crippen LogP contribution in [-0.2, 0) is 18.0 Å². The first-order valence-electron chi connectivity index (χ1n) is 2.52. The number of rotatable bonds is 4. The molecule has 0 bridgehead atoms. The first-order chi connectivity index (χ1) is 5.77. The number of hydrogen-bond donors (Lipinski definition) is 4. The topological polar surface area (TPSA) is 134 Å². The van der Waals surface area contributed by atoms with Crippen LogP contribution in [0.5, 0.6) is 0 Å². The molecule has 0 spiro atoms. The summed E-state index contributed by atoms with van der Waals surface area (Å²) >= 11 is 4.83. The molecule has 0 saturated heterocycles. The third-order valence-electron chi connectivity index (χ3n) is 0.421. The van der Waals surface area contributed by atoms with Crippen LogP contribution in [0.1, 0.15) is 0 Å². The van der Waals surface area contributed by atoms with Crippen LogP contribution in [0, 0.1) is 0 Å². The van der Waals surface area contributed by atoms with Gasteiger partial charge in [0, 0.05) is 7.11 Å². The Balaban J connectivity index is -0.000000376. The van der Waals surface area contributed by atoms with Crippen molar-refractivity contribution in [3.8, 4) is 0 Å². The van der Waals surface area contributed by atoms with Crippen molar-refractivity contribution in [2.45, 2.75) is 0 Å². The van der Waals surface area contributed by atoms with Gasteiger partial charge in [-0.05, 0) is 0 Å². The summed E-state index contributed by atoms with van der Waals surface area (Å²) in [6, 6.07) is -0.701. The third-order valence-corrected chi connectivity index (χ3v) is 2.81. The number of phosphoric acid groups is 2. The van der Waals surface area contributed by atoms with Crippen molar-refractivity contribution >= 4 is 37.4 Å². The molecule has 0 rings (SSSR count). The Kier molecular flexibility index (Phi) is 12.9. The van der Waals surface area contributed by atoms with E-state index in [0.29, 0.717) is 0 Å². The molecule has 0 heterocycles. The molecule has 1 atom stereocenters. The molecule has 0 aliphatic rings. The molecule has 0 amide bonds. The summed E-state index contributed by atoms with van der Waals surface area (Å²) in [4.78, 5) is 24.4. The van der Waals surface area contributed by atoms with Gasteiger partial charge in [-0.25, -0.2) is 9.13 Å². The van der Waals surface area contributed by atoms with Gasteiger partial charge in [-0.2, -0.15) is 4.31 Å². The van der Waals surface area contributed by atoms with Gasteiger partial charge in [0.25, 0.3) is 0 Å². The van der Waals surface area contributed by atoms with E-state index in [4.69, 9.17) is 31.4 Å². The molecule has 0 aromatic heterocycles. The van der Waals surface area contributed by atoms with Crippen molar-refractivity contribution in [1.29, 1.82) is 0 Å². The second-order valence-corrected chi connectivity index (χ2v) is 4.33. The predicted octanol–water partition coefficient (Wildman–Crippen LogP) is -0.899. The van der Waals surface area contributed by atoms with Crippen molar-refractivity contribution in [2.75, 3.05) is 13.2 Å². The van der Waals surface area contributed by atoms with Crippen molar-refractivity contribution in [3.05, 3.63) is 0 Å². The molecule has 0 aromatic rings. The van der Waals surface area contributed by atoms with Crippen LogP contribution in [0.2, 0.25) is 0 Å². The molecular formula is C2H11BeClO8P2. The van der Waals surface area contributed by atoms with E-state index < -0.39 is 21.7 Å². The van der Waals surface area contributed by atoms with E-state index in [1.54, 1.807) is 0 Å². The Hall–Kier alpha value is 0.679. The van der Waals surface area contributed by atoms with Crippen LogP contribution in [0.4, 0.5) is 0 Å². The fourth-order valence-electron chi connectivity index (χ4n) is 0.220. The van der Waals surface area contributed by atoms with Gasteiger partial charge in [-0.15, -0.1) is 0 Å². The zero-order valence-corrected chi connectivity index (χ0v) is 8.95. The van der Waals surface area contributed by atoms with Crippen molar-refractivity contribution in [1.82, 2.24) is 0 Å². The number of phosphoric ester groups is 1. The van der Waals surface area contributed by atoms with Gasteiger partial charge >= 0.3 is 25.8 Å². The van der Waals surface area contributed by atoms with Crippen molar-refractivity contribution < 1.29 is 37.8 Å². The molecule has 86 valence electrons. The first kappa shape index (κ1) is 20.1. The van der Waals surface area contributed by atoms with E-state index in [-0.39, 0.29) is 10.1 Å². The Morgan fingerprint density at radius 2 is 1.57 bits per heavy atom. The molecule has 0 aliphatic carbocycles. The molecule has 14 heavy (non-hydrogen) atoms. The average Bonchev–Trinajstić information content (AvgIpc) is 1.85. The Morgan fingerprint density at radius 3 is 1.79 bits per heavy atom. The van der Waals surface area contributed by atoms with E-state index in [9.17, 15) is 9.13 Å². The zero-order valence-electron chi connectivity index (χ0n) is 6.40. The van der Waals surface area contributed by atoms with E-state index in [2.05, 4.69) is 8.83 Å². The minimum absolute atomic E-state index is 0. The predicted molar refractivity (Wildman–Crippen MR) is 51.4 cm³/mol. The fraction of sp³-hybridized carbons (Fsp3) is 1.00. The van der Waals surface area contributed by atoms with Crippen molar-refractivity contribution in [2.24, 2.45) is 0 Å². The van der Waals surface area contributed by atoms with Crippen molar-refractivity contribution in [3.63, 3.8) is 0 Å². The van der Waals surface area contributed by atoms with Gasteiger partial charge in [0.15, 0.2) is 0 Å². The van der Waals surface area contributed by atoms with E-state index in [1.165, 1.54) is 0 Å². The van der Waals surface area contributed by atoms with Gasteiger partial charge in [0.05, 0.1) is 0 Å². The van der Waals surface area contributed by atoms with E-state index in [0.717, 1.165) is 7.11 Å². The molecule has 12 heteroatoms.